The molecule has 2 aromatic rings. The van der Waals surface area contributed by atoms with Gasteiger partial charge in [-0.1, -0.05) is 18.7 Å². The molecule has 2 heterocycles. The van der Waals surface area contributed by atoms with Gasteiger partial charge in [0.15, 0.2) is 0 Å². The highest BCUT2D eigenvalue weighted by atomic mass is 19.1. The molecule has 0 amide bonds. The summed E-state index contributed by atoms with van der Waals surface area (Å²) in [5.41, 5.74) is 2.29. The van der Waals surface area contributed by atoms with E-state index < -0.39 is 0 Å². The van der Waals surface area contributed by atoms with Crippen molar-refractivity contribution < 1.29 is 9.13 Å². The first kappa shape index (κ1) is 14.0. The zero-order chi connectivity index (χ0) is 14.7. The third kappa shape index (κ3) is 3.22. The van der Waals surface area contributed by atoms with E-state index in [1.165, 1.54) is 6.07 Å². The summed E-state index contributed by atoms with van der Waals surface area (Å²) in [5, 5.41) is 4.37. The van der Waals surface area contributed by atoms with Gasteiger partial charge in [-0.05, 0) is 36.5 Å². The van der Waals surface area contributed by atoms with Crippen LogP contribution in [0.2, 0.25) is 0 Å². The van der Waals surface area contributed by atoms with E-state index in [0.29, 0.717) is 11.5 Å². The average molecular weight is 286 g/mol. The van der Waals surface area contributed by atoms with Crippen molar-refractivity contribution >= 4 is 6.08 Å². The van der Waals surface area contributed by atoms with Crippen LogP contribution in [-0.2, 0) is 11.3 Å². The van der Waals surface area contributed by atoms with Crippen molar-refractivity contribution in [2.75, 3.05) is 13.2 Å². The highest BCUT2D eigenvalue weighted by molar-refractivity contribution is 5.66. The molecule has 0 aliphatic carbocycles. The maximum Gasteiger partial charge on any atom is 0.131 e. The second-order valence-corrected chi connectivity index (χ2v) is 5.45. The Bertz CT molecular complexity index is 629. The molecule has 1 aliphatic rings. The molecule has 3 nitrogen and oxygen atoms in total. The van der Waals surface area contributed by atoms with Crippen molar-refractivity contribution in [3.8, 4) is 11.1 Å². The first-order valence-corrected chi connectivity index (χ1v) is 7.29. The van der Waals surface area contributed by atoms with Crippen LogP contribution in [0.1, 0.15) is 18.4 Å². The minimum atomic E-state index is -0.230. The number of nitrogens with zero attached hydrogens (tertiary/aromatic N) is 2. The molecule has 1 aromatic heterocycles. The zero-order valence-electron chi connectivity index (χ0n) is 12.0. The lowest BCUT2D eigenvalue weighted by atomic mass is 10.0. The van der Waals surface area contributed by atoms with Crippen LogP contribution in [0.3, 0.4) is 0 Å². The number of benzene rings is 1. The molecule has 1 aromatic carbocycles. The predicted molar refractivity (Wildman–Crippen MR) is 81.3 cm³/mol. The van der Waals surface area contributed by atoms with Gasteiger partial charge in [0.25, 0.3) is 0 Å². The van der Waals surface area contributed by atoms with Gasteiger partial charge in [0, 0.05) is 37.1 Å². The summed E-state index contributed by atoms with van der Waals surface area (Å²) in [5.74, 6) is 0.363. The molecule has 0 atom stereocenters. The third-order valence-corrected chi connectivity index (χ3v) is 3.96. The van der Waals surface area contributed by atoms with Crippen LogP contribution in [0, 0.1) is 11.7 Å². The van der Waals surface area contributed by atoms with Crippen molar-refractivity contribution in [3.63, 3.8) is 0 Å². The van der Waals surface area contributed by atoms with E-state index in [0.717, 1.165) is 43.7 Å². The maximum absolute atomic E-state index is 14.0. The summed E-state index contributed by atoms with van der Waals surface area (Å²) in [4.78, 5) is 0. The molecule has 1 saturated heterocycles. The lowest BCUT2D eigenvalue weighted by Gasteiger charge is -2.21. The highest BCUT2D eigenvalue weighted by Gasteiger charge is 2.15. The van der Waals surface area contributed by atoms with Gasteiger partial charge >= 0.3 is 0 Å². The van der Waals surface area contributed by atoms with E-state index in [4.69, 9.17) is 4.74 Å². The normalized spacial score (nSPS) is 16.0. The second-order valence-electron chi connectivity index (χ2n) is 5.45. The summed E-state index contributed by atoms with van der Waals surface area (Å²) in [6, 6.07) is 5.00. The molecular formula is C17H19FN2O. The maximum atomic E-state index is 14.0. The standard InChI is InChI=1S/C17H19FN2O/c1-2-13-3-4-17(18)16(9-13)15-10-19-20(12-15)11-14-5-7-21-8-6-14/h2-4,9-10,12,14H,1,5-8,11H2. The third-order valence-electron chi connectivity index (χ3n) is 3.96. The van der Waals surface area contributed by atoms with Crippen LogP contribution in [0.15, 0.2) is 37.2 Å². The lowest BCUT2D eigenvalue weighted by Crippen LogP contribution is -2.20. The molecule has 0 N–H and O–H groups in total. The Morgan fingerprint density at radius 2 is 2.19 bits per heavy atom. The summed E-state index contributed by atoms with van der Waals surface area (Å²) in [6.45, 7) is 6.25. The molecule has 0 spiro atoms. The Morgan fingerprint density at radius 3 is 2.95 bits per heavy atom. The van der Waals surface area contributed by atoms with Crippen LogP contribution in [0.25, 0.3) is 17.2 Å². The fraction of sp³-hybridized carbons (Fsp3) is 0.353. The number of ether oxygens (including phenoxy) is 1. The number of rotatable bonds is 4. The topological polar surface area (TPSA) is 27.1 Å². The quantitative estimate of drug-likeness (QED) is 0.855. The summed E-state index contributed by atoms with van der Waals surface area (Å²) < 4.78 is 21.2. The molecule has 0 saturated carbocycles. The first-order valence-electron chi connectivity index (χ1n) is 7.29. The molecule has 0 bridgehead atoms. The van der Waals surface area contributed by atoms with Crippen molar-refractivity contribution in [2.45, 2.75) is 19.4 Å². The van der Waals surface area contributed by atoms with Crippen molar-refractivity contribution in [1.29, 1.82) is 0 Å². The summed E-state index contributed by atoms with van der Waals surface area (Å²) in [6.07, 6.45) is 7.49. The van der Waals surface area contributed by atoms with Crippen LogP contribution in [-0.4, -0.2) is 23.0 Å². The van der Waals surface area contributed by atoms with Crippen LogP contribution in [0.4, 0.5) is 4.39 Å². The molecule has 21 heavy (non-hydrogen) atoms. The molecule has 0 radical (unpaired) electrons. The van der Waals surface area contributed by atoms with Gasteiger partial charge in [-0.15, -0.1) is 0 Å². The first-order chi connectivity index (χ1) is 10.3. The van der Waals surface area contributed by atoms with E-state index in [-0.39, 0.29) is 5.82 Å². The molecule has 3 rings (SSSR count). The number of aromatic nitrogens is 2. The molecule has 0 unspecified atom stereocenters. The Labute approximate surface area is 124 Å². The minimum Gasteiger partial charge on any atom is -0.381 e. The van der Waals surface area contributed by atoms with E-state index in [1.54, 1.807) is 24.4 Å². The summed E-state index contributed by atoms with van der Waals surface area (Å²) >= 11 is 0. The van der Waals surface area contributed by atoms with E-state index in [2.05, 4.69) is 11.7 Å². The molecule has 1 fully saturated rings. The smallest absolute Gasteiger partial charge is 0.131 e. The van der Waals surface area contributed by atoms with E-state index >= 15 is 0 Å². The van der Waals surface area contributed by atoms with E-state index in [1.807, 2.05) is 10.9 Å². The zero-order valence-corrected chi connectivity index (χ0v) is 12.0. The van der Waals surface area contributed by atoms with Crippen LogP contribution in [0.5, 0.6) is 0 Å². The van der Waals surface area contributed by atoms with E-state index in [9.17, 15) is 4.39 Å². The van der Waals surface area contributed by atoms with Gasteiger partial charge in [0.05, 0.1) is 6.20 Å². The van der Waals surface area contributed by atoms with Crippen molar-refractivity contribution in [2.24, 2.45) is 5.92 Å². The SMILES string of the molecule is C=Cc1ccc(F)c(-c2cnn(CC3CCOCC3)c2)c1. The van der Waals surface area contributed by atoms with Gasteiger partial charge in [0.1, 0.15) is 5.82 Å². The van der Waals surface area contributed by atoms with Crippen molar-refractivity contribution in [3.05, 3.63) is 48.6 Å². The Hall–Kier alpha value is -1.94. The molecule has 1 aliphatic heterocycles. The molecule has 110 valence electrons. The van der Waals surface area contributed by atoms with Gasteiger partial charge in [0.2, 0.25) is 0 Å². The largest absolute Gasteiger partial charge is 0.381 e. The predicted octanol–water partition coefficient (Wildman–Crippen LogP) is 3.76. The average Bonchev–Trinajstić information content (AvgIpc) is 2.97. The molecular weight excluding hydrogens is 267 g/mol. The summed E-state index contributed by atoms with van der Waals surface area (Å²) in [7, 11) is 0. The highest BCUT2D eigenvalue weighted by Crippen LogP contribution is 2.25. The molecule has 4 heteroatoms. The number of hydrogen-bond acceptors (Lipinski definition) is 2. The van der Waals surface area contributed by atoms with Gasteiger partial charge in [-0.2, -0.15) is 5.10 Å². The van der Waals surface area contributed by atoms with Gasteiger partial charge in [-0.3, -0.25) is 4.68 Å². The van der Waals surface area contributed by atoms with Gasteiger partial charge < -0.3 is 4.74 Å². The number of hydrogen-bond donors (Lipinski definition) is 0. The Balaban J connectivity index is 1.79. The Kier molecular flexibility index (Phi) is 4.15. The second kappa shape index (κ2) is 6.22. The monoisotopic (exact) mass is 286 g/mol. The van der Waals surface area contributed by atoms with Crippen molar-refractivity contribution in [1.82, 2.24) is 9.78 Å². The van der Waals surface area contributed by atoms with Gasteiger partial charge in [-0.25, -0.2) is 4.39 Å². The number of halogens is 1. The van der Waals surface area contributed by atoms with Crippen LogP contribution < -0.4 is 0 Å². The minimum absolute atomic E-state index is 0.230. The Morgan fingerprint density at radius 1 is 1.38 bits per heavy atom. The fourth-order valence-corrected chi connectivity index (χ4v) is 2.69. The van der Waals surface area contributed by atoms with Crippen LogP contribution >= 0.6 is 0 Å². The lowest BCUT2D eigenvalue weighted by molar-refractivity contribution is 0.0601. The fourth-order valence-electron chi connectivity index (χ4n) is 2.69.